The lowest BCUT2D eigenvalue weighted by Crippen LogP contribution is -2.36. The van der Waals surface area contributed by atoms with Gasteiger partial charge in [0.05, 0.1) is 17.9 Å². The van der Waals surface area contributed by atoms with Crippen molar-refractivity contribution in [2.24, 2.45) is 22.7 Å². The van der Waals surface area contributed by atoms with Crippen molar-refractivity contribution in [1.29, 1.82) is 0 Å². The normalized spacial score (nSPS) is 28.8. The molecule has 2 aromatic heterocycles. The van der Waals surface area contributed by atoms with Crippen LogP contribution in [0.15, 0.2) is 17.5 Å². The number of fused-ring (bicyclic) bond motifs is 1. The second kappa shape index (κ2) is 5.88. The summed E-state index contributed by atoms with van der Waals surface area (Å²) in [5.74, 6) is -0.988. The van der Waals surface area contributed by atoms with Gasteiger partial charge in [-0.2, -0.15) is 5.10 Å². The van der Waals surface area contributed by atoms with E-state index in [2.05, 4.69) is 20.1 Å². The molecule has 25 heavy (non-hydrogen) atoms. The van der Waals surface area contributed by atoms with Crippen LogP contribution in [0.1, 0.15) is 36.0 Å². The van der Waals surface area contributed by atoms with Gasteiger partial charge in [-0.1, -0.05) is 19.0 Å². The number of aliphatic hydroxyl groups is 1. The highest BCUT2D eigenvalue weighted by atomic mass is 16.5. The van der Waals surface area contributed by atoms with E-state index < -0.39 is 24.3 Å². The molecule has 1 fully saturated rings. The van der Waals surface area contributed by atoms with E-state index in [4.69, 9.17) is 21.7 Å². The number of primary amides is 1. The van der Waals surface area contributed by atoms with Crippen molar-refractivity contribution < 1.29 is 14.6 Å². The van der Waals surface area contributed by atoms with Crippen molar-refractivity contribution in [2.75, 3.05) is 12.3 Å². The first kappa shape index (κ1) is 17.0. The Morgan fingerprint density at radius 1 is 1.60 bits per heavy atom. The highest BCUT2D eigenvalue weighted by molar-refractivity contribution is 6.02. The van der Waals surface area contributed by atoms with Gasteiger partial charge in [0.25, 0.3) is 5.91 Å². The van der Waals surface area contributed by atoms with Crippen LogP contribution in [-0.2, 0) is 4.74 Å². The molecule has 3 rings (SSSR count). The number of carbonyl (C=O) groups excluding carboxylic acids is 1. The minimum atomic E-state index is -1.39. The summed E-state index contributed by atoms with van der Waals surface area (Å²) in [6.07, 6.45) is 0.661. The third-order valence-corrected chi connectivity index (χ3v) is 4.92. The zero-order chi connectivity index (χ0) is 18.4. The minimum absolute atomic E-state index is 0.109. The zero-order valence-electron chi connectivity index (χ0n) is 13.7. The average molecular weight is 346 g/mol. The van der Waals surface area contributed by atoms with Crippen molar-refractivity contribution in [3.8, 4) is 0 Å². The molecule has 0 unspecified atom stereocenters. The molecule has 3 heterocycles. The van der Waals surface area contributed by atoms with Crippen LogP contribution in [0.5, 0.6) is 0 Å². The van der Waals surface area contributed by atoms with Crippen LogP contribution >= 0.6 is 0 Å². The van der Waals surface area contributed by atoms with Crippen molar-refractivity contribution >= 4 is 17.2 Å². The summed E-state index contributed by atoms with van der Waals surface area (Å²) in [4.78, 5) is 18.5. The summed E-state index contributed by atoms with van der Waals surface area (Å²) in [5, 5.41) is 17.5. The number of hydrogen-bond acceptors (Lipinski definition) is 7. The Bertz CT molecular complexity index is 890. The number of carbonyl (C=O) groups is 1. The maximum atomic E-state index is 11.8. The fraction of sp³-hybridized carbons (Fsp3) is 0.500. The molecule has 132 valence electrons. The number of hydrogen-bond donors (Lipinski definition) is 3. The van der Waals surface area contributed by atoms with E-state index in [0.29, 0.717) is 11.2 Å². The van der Waals surface area contributed by atoms with E-state index in [1.807, 2.05) is 13.8 Å². The highest BCUT2D eigenvalue weighted by Gasteiger charge is 2.51. The van der Waals surface area contributed by atoms with Gasteiger partial charge in [-0.25, -0.2) is 9.50 Å². The first-order valence-electron chi connectivity index (χ1n) is 7.63. The van der Waals surface area contributed by atoms with E-state index in [-0.39, 0.29) is 23.2 Å². The second-order valence-electron chi connectivity index (χ2n) is 6.13. The first-order valence-corrected chi connectivity index (χ1v) is 7.63. The topological polar surface area (TPSA) is 178 Å². The van der Waals surface area contributed by atoms with Crippen molar-refractivity contribution in [3.63, 3.8) is 0 Å². The van der Waals surface area contributed by atoms with Gasteiger partial charge in [-0.05, 0) is 23.4 Å². The molecule has 0 aliphatic carbocycles. The standard InChI is InChI=1S/C14H18N8O3/c1-6-7(2)14(4-23,20-21-17)25-11(6)9-3-8(13(16)24)10-12(15)18-5-19-22(9)10/h3,5-7,11,23H,4H2,1-2H3,(H2,16,24)(H2,15,18,19)/t6-,7+,11-,14-/m1/s1. The van der Waals surface area contributed by atoms with E-state index in [9.17, 15) is 9.90 Å². The number of nitrogens with two attached hydrogens (primary N) is 2. The molecular weight excluding hydrogens is 328 g/mol. The molecule has 0 aromatic carbocycles. The number of nitrogen functional groups attached to an aromatic ring is 1. The Labute approximate surface area is 142 Å². The maximum absolute atomic E-state index is 11.8. The van der Waals surface area contributed by atoms with Gasteiger partial charge >= 0.3 is 0 Å². The summed E-state index contributed by atoms with van der Waals surface area (Å²) in [6, 6.07) is 1.54. The molecule has 0 saturated carbocycles. The van der Waals surface area contributed by atoms with Gasteiger partial charge < -0.3 is 21.3 Å². The van der Waals surface area contributed by atoms with Crippen molar-refractivity contribution in [3.05, 3.63) is 34.1 Å². The zero-order valence-corrected chi connectivity index (χ0v) is 13.7. The van der Waals surface area contributed by atoms with Crippen molar-refractivity contribution in [2.45, 2.75) is 25.7 Å². The lowest BCUT2D eigenvalue weighted by molar-refractivity contribution is -0.0865. The number of rotatable bonds is 4. The van der Waals surface area contributed by atoms with Gasteiger partial charge in [0, 0.05) is 4.91 Å². The molecule has 0 radical (unpaired) electrons. The highest BCUT2D eigenvalue weighted by Crippen LogP contribution is 2.49. The van der Waals surface area contributed by atoms with Gasteiger partial charge in [-0.15, -0.1) is 0 Å². The Balaban J connectivity index is 2.19. The minimum Gasteiger partial charge on any atom is -0.393 e. The van der Waals surface area contributed by atoms with E-state index in [1.54, 1.807) is 6.07 Å². The lowest BCUT2D eigenvalue weighted by Gasteiger charge is -2.25. The Hall–Kier alpha value is -2.88. The monoisotopic (exact) mass is 346 g/mol. The van der Waals surface area contributed by atoms with Crippen LogP contribution in [0.2, 0.25) is 0 Å². The van der Waals surface area contributed by atoms with Crippen LogP contribution in [-0.4, -0.2) is 37.9 Å². The van der Waals surface area contributed by atoms with Crippen LogP contribution in [0.4, 0.5) is 5.82 Å². The Morgan fingerprint density at radius 2 is 2.32 bits per heavy atom. The summed E-state index contributed by atoms with van der Waals surface area (Å²) in [7, 11) is 0. The summed E-state index contributed by atoms with van der Waals surface area (Å²) in [6.45, 7) is 3.25. The number of aromatic nitrogens is 3. The summed E-state index contributed by atoms with van der Waals surface area (Å²) >= 11 is 0. The number of ether oxygens (including phenoxy) is 1. The first-order chi connectivity index (χ1) is 11.9. The molecule has 1 saturated heterocycles. The molecule has 0 spiro atoms. The molecule has 5 N–H and O–H groups in total. The third-order valence-electron chi connectivity index (χ3n) is 4.92. The molecule has 1 aliphatic rings. The molecule has 11 heteroatoms. The van der Waals surface area contributed by atoms with Gasteiger partial charge in [0.1, 0.15) is 17.9 Å². The van der Waals surface area contributed by atoms with E-state index in [0.717, 1.165) is 0 Å². The number of nitrogens with zero attached hydrogens (tertiary/aromatic N) is 6. The number of amides is 1. The number of azide groups is 1. The van der Waals surface area contributed by atoms with Gasteiger partial charge in [0.15, 0.2) is 11.5 Å². The summed E-state index contributed by atoms with van der Waals surface area (Å²) < 4.78 is 7.39. The molecule has 0 bridgehead atoms. The maximum Gasteiger partial charge on any atom is 0.251 e. The van der Waals surface area contributed by atoms with Crippen LogP contribution in [0.3, 0.4) is 0 Å². The predicted molar refractivity (Wildman–Crippen MR) is 87.0 cm³/mol. The number of anilines is 1. The van der Waals surface area contributed by atoms with Crippen LogP contribution in [0.25, 0.3) is 16.0 Å². The molecule has 2 aromatic rings. The Morgan fingerprint density at radius 3 is 2.92 bits per heavy atom. The van der Waals surface area contributed by atoms with Crippen LogP contribution in [0, 0.1) is 11.8 Å². The van der Waals surface area contributed by atoms with Crippen molar-refractivity contribution in [1.82, 2.24) is 14.6 Å². The number of aliphatic hydroxyl groups excluding tert-OH is 1. The molecule has 1 aliphatic heterocycles. The van der Waals surface area contributed by atoms with E-state index in [1.165, 1.54) is 10.8 Å². The second-order valence-corrected chi connectivity index (χ2v) is 6.13. The quantitative estimate of drug-likeness (QED) is 0.417. The fourth-order valence-corrected chi connectivity index (χ4v) is 3.32. The summed E-state index contributed by atoms with van der Waals surface area (Å²) in [5.41, 5.74) is 19.7. The third kappa shape index (κ3) is 2.37. The smallest absolute Gasteiger partial charge is 0.251 e. The average Bonchev–Trinajstić information content (AvgIpc) is 3.08. The molecule has 1 amide bonds. The molecule has 11 nitrogen and oxygen atoms in total. The van der Waals surface area contributed by atoms with Gasteiger partial charge in [0.2, 0.25) is 0 Å². The predicted octanol–water partition coefficient (Wildman–Crippen LogP) is 0.753. The molecule has 4 atom stereocenters. The molecular formula is C14H18N8O3. The van der Waals surface area contributed by atoms with Crippen LogP contribution < -0.4 is 11.5 Å². The SMILES string of the molecule is C[C@H]1[C@H](c2cc(C(N)=O)c3c(N)ncnn23)O[C@@](CO)(N=[N+]=[N-])[C@H]1C. The largest absolute Gasteiger partial charge is 0.393 e. The van der Waals surface area contributed by atoms with E-state index >= 15 is 0 Å². The lowest BCUT2D eigenvalue weighted by atomic mass is 9.86. The van der Waals surface area contributed by atoms with Gasteiger partial charge in [-0.3, -0.25) is 4.79 Å². The Kier molecular flexibility index (Phi) is 3.99. The fourth-order valence-electron chi connectivity index (χ4n) is 3.32.